The van der Waals surface area contributed by atoms with Crippen LogP contribution in [0.2, 0.25) is 0 Å². The molecule has 0 unspecified atom stereocenters. The standard InChI is InChI=1S/C5H9Cl2FO2S/c1-5(2-6,3-7)4-11(8,9)10/h2-4H2,1H3. The zero-order valence-corrected chi connectivity index (χ0v) is 8.31. The zero-order valence-electron chi connectivity index (χ0n) is 5.98. The maximum atomic E-state index is 12.1. The summed E-state index contributed by atoms with van der Waals surface area (Å²) in [5, 5.41) is 0. The highest BCUT2D eigenvalue weighted by Gasteiger charge is 2.29. The van der Waals surface area contributed by atoms with Crippen LogP contribution in [0.15, 0.2) is 0 Å². The summed E-state index contributed by atoms with van der Waals surface area (Å²) in [6.45, 7) is 1.52. The second kappa shape index (κ2) is 3.92. The van der Waals surface area contributed by atoms with E-state index in [1.807, 2.05) is 0 Å². The molecule has 0 saturated carbocycles. The zero-order chi connectivity index (χ0) is 9.12. The molecule has 2 nitrogen and oxygen atoms in total. The lowest BCUT2D eigenvalue weighted by Gasteiger charge is -2.20. The quantitative estimate of drug-likeness (QED) is 0.537. The van der Waals surface area contributed by atoms with Gasteiger partial charge in [0.05, 0.1) is 5.75 Å². The molecule has 0 bridgehead atoms. The van der Waals surface area contributed by atoms with Crippen molar-refractivity contribution in [2.75, 3.05) is 17.5 Å². The molecule has 0 aromatic heterocycles. The Morgan fingerprint density at radius 1 is 1.36 bits per heavy atom. The van der Waals surface area contributed by atoms with E-state index in [0.717, 1.165) is 0 Å². The first-order valence-electron chi connectivity index (χ1n) is 2.87. The summed E-state index contributed by atoms with van der Waals surface area (Å²) in [5.74, 6) is -0.563. The highest BCUT2D eigenvalue weighted by molar-refractivity contribution is 7.86. The maximum Gasteiger partial charge on any atom is 0.303 e. The van der Waals surface area contributed by atoms with Crippen molar-refractivity contribution in [3.63, 3.8) is 0 Å². The molecule has 0 aliphatic heterocycles. The van der Waals surface area contributed by atoms with Crippen LogP contribution in [0.1, 0.15) is 6.92 Å². The Balaban J connectivity index is 4.32. The predicted molar refractivity (Wildman–Crippen MR) is 44.4 cm³/mol. The first-order chi connectivity index (χ1) is 4.83. The number of hydrogen-bond acceptors (Lipinski definition) is 2. The van der Waals surface area contributed by atoms with Gasteiger partial charge in [-0.2, -0.15) is 8.42 Å². The minimum Gasteiger partial charge on any atom is -0.195 e. The summed E-state index contributed by atoms with van der Waals surface area (Å²) in [4.78, 5) is 0. The highest BCUT2D eigenvalue weighted by Crippen LogP contribution is 2.23. The van der Waals surface area contributed by atoms with Crippen LogP contribution < -0.4 is 0 Å². The van der Waals surface area contributed by atoms with Crippen LogP contribution in [0.25, 0.3) is 0 Å². The predicted octanol–water partition coefficient (Wildman–Crippen LogP) is 1.77. The Hall–Kier alpha value is 0.460. The van der Waals surface area contributed by atoms with E-state index >= 15 is 0 Å². The second-order valence-electron chi connectivity index (χ2n) is 2.76. The lowest BCUT2D eigenvalue weighted by Crippen LogP contribution is -2.28. The summed E-state index contributed by atoms with van der Waals surface area (Å²) in [6.07, 6.45) is 0. The molecule has 0 radical (unpaired) electrons. The molecule has 0 aliphatic carbocycles. The van der Waals surface area contributed by atoms with Gasteiger partial charge in [0.15, 0.2) is 0 Å². The summed E-state index contributed by atoms with van der Waals surface area (Å²) in [7, 11) is -4.47. The molecule has 0 aliphatic rings. The van der Waals surface area contributed by atoms with Crippen molar-refractivity contribution in [2.24, 2.45) is 5.41 Å². The van der Waals surface area contributed by atoms with Gasteiger partial charge in [0, 0.05) is 17.2 Å². The van der Waals surface area contributed by atoms with Gasteiger partial charge < -0.3 is 0 Å². The minimum absolute atomic E-state index is 0.0274. The van der Waals surface area contributed by atoms with Gasteiger partial charge in [0.1, 0.15) is 0 Å². The Morgan fingerprint density at radius 2 is 1.73 bits per heavy atom. The molecule has 0 saturated heterocycles. The normalized spacial score (nSPS) is 13.5. The van der Waals surface area contributed by atoms with Crippen molar-refractivity contribution < 1.29 is 12.3 Å². The maximum absolute atomic E-state index is 12.1. The molecule has 0 fully saturated rings. The molecule has 68 valence electrons. The van der Waals surface area contributed by atoms with Gasteiger partial charge in [-0.3, -0.25) is 0 Å². The van der Waals surface area contributed by atoms with Crippen molar-refractivity contribution in [1.82, 2.24) is 0 Å². The van der Waals surface area contributed by atoms with Gasteiger partial charge in [0.2, 0.25) is 0 Å². The fraction of sp³-hybridized carbons (Fsp3) is 1.00. The Morgan fingerprint density at radius 3 is 1.82 bits per heavy atom. The number of hydrogen-bond donors (Lipinski definition) is 0. The van der Waals surface area contributed by atoms with E-state index in [4.69, 9.17) is 23.2 Å². The molecule has 0 spiro atoms. The van der Waals surface area contributed by atoms with Gasteiger partial charge in [0.25, 0.3) is 0 Å². The van der Waals surface area contributed by atoms with Crippen LogP contribution in [-0.4, -0.2) is 25.9 Å². The van der Waals surface area contributed by atoms with E-state index in [0.29, 0.717) is 0 Å². The van der Waals surface area contributed by atoms with Gasteiger partial charge in [-0.15, -0.1) is 27.1 Å². The van der Waals surface area contributed by atoms with Crippen molar-refractivity contribution in [3.8, 4) is 0 Å². The van der Waals surface area contributed by atoms with Crippen LogP contribution in [-0.2, 0) is 10.2 Å². The molecule has 0 aromatic carbocycles. The Bertz CT molecular complexity index is 211. The third kappa shape index (κ3) is 4.82. The van der Waals surface area contributed by atoms with E-state index in [1.54, 1.807) is 0 Å². The minimum atomic E-state index is -4.47. The van der Waals surface area contributed by atoms with Gasteiger partial charge in [-0.1, -0.05) is 6.92 Å². The molecule has 6 heteroatoms. The summed E-state index contributed by atoms with van der Waals surface area (Å²) >= 11 is 10.8. The van der Waals surface area contributed by atoms with Crippen LogP contribution >= 0.6 is 23.2 Å². The van der Waals surface area contributed by atoms with Gasteiger partial charge in [-0.25, -0.2) is 0 Å². The average molecular weight is 223 g/mol. The summed E-state index contributed by atoms with van der Waals surface area (Å²) < 4.78 is 32.5. The average Bonchev–Trinajstić information content (AvgIpc) is 1.84. The van der Waals surface area contributed by atoms with E-state index < -0.39 is 21.4 Å². The monoisotopic (exact) mass is 222 g/mol. The van der Waals surface area contributed by atoms with Crippen molar-refractivity contribution in [2.45, 2.75) is 6.92 Å². The number of alkyl halides is 2. The molecule has 0 amide bonds. The van der Waals surface area contributed by atoms with Crippen LogP contribution in [0.5, 0.6) is 0 Å². The van der Waals surface area contributed by atoms with Crippen LogP contribution in [0, 0.1) is 5.41 Å². The molecule has 0 aromatic rings. The lowest BCUT2D eigenvalue weighted by atomic mass is 10.00. The molecular weight excluding hydrogens is 214 g/mol. The smallest absolute Gasteiger partial charge is 0.195 e. The number of halogens is 3. The molecule has 0 rings (SSSR count). The topological polar surface area (TPSA) is 34.1 Å². The highest BCUT2D eigenvalue weighted by atomic mass is 35.5. The summed E-state index contributed by atoms with van der Waals surface area (Å²) in [6, 6.07) is 0. The first kappa shape index (κ1) is 11.5. The molecule has 11 heavy (non-hydrogen) atoms. The third-order valence-corrected chi connectivity index (χ3v) is 3.50. The van der Waals surface area contributed by atoms with E-state index in [9.17, 15) is 12.3 Å². The fourth-order valence-corrected chi connectivity index (χ4v) is 2.26. The molecular formula is C5H9Cl2FO2S. The fourth-order valence-electron chi connectivity index (χ4n) is 0.529. The van der Waals surface area contributed by atoms with E-state index in [-0.39, 0.29) is 11.8 Å². The van der Waals surface area contributed by atoms with Crippen molar-refractivity contribution >= 4 is 33.4 Å². The Kier molecular flexibility index (Phi) is 4.08. The van der Waals surface area contributed by atoms with Crippen molar-refractivity contribution in [3.05, 3.63) is 0 Å². The van der Waals surface area contributed by atoms with Crippen LogP contribution in [0.3, 0.4) is 0 Å². The second-order valence-corrected chi connectivity index (χ2v) is 4.66. The molecule has 0 atom stereocenters. The SMILES string of the molecule is CC(CCl)(CCl)CS(=O)(=O)F. The third-order valence-electron chi connectivity index (χ3n) is 1.17. The molecule has 0 heterocycles. The Labute approximate surface area is 75.9 Å². The molecule has 0 N–H and O–H groups in total. The van der Waals surface area contributed by atoms with E-state index in [2.05, 4.69) is 0 Å². The van der Waals surface area contributed by atoms with E-state index in [1.165, 1.54) is 6.92 Å². The summed E-state index contributed by atoms with van der Waals surface area (Å²) in [5.41, 5.74) is -0.864. The van der Waals surface area contributed by atoms with Gasteiger partial charge >= 0.3 is 10.2 Å². The lowest BCUT2D eigenvalue weighted by molar-refractivity contribution is 0.459. The number of rotatable bonds is 4. The largest absolute Gasteiger partial charge is 0.303 e. The van der Waals surface area contributed by atoms with Crippen LogP contribution in [0.4, 0.5) is 3.89 Å². The van der Waals surface area contributed by atoms with Gasteiger partial charge in [-0.05, 0) is 0 Å². The van der Waals surface area contributed by atoms with Crippen molar-refractivity contribution in [1.29, 1.82) is 0 Å². The first-order valence-corrected chi connectivity index (χ1v) is 5.49.